The lowest BCUT2D eigenvalue weighted by molar-refractivity contribution is 0.507. The predicted molar refractivity (Wildman–Crippen MR) is 106 cm³/mol. The fraction of sp³-hybridized carbons (Fsp3) is 0.286. The molecule has 1 atom stereocenters. The van der Waals surface area contributed by atoms with Crippen molar-refractivity contribution in [3.05, 3.63) is 54.0 Å². The zero-order chi connectivity index (χ0) is 18.3. The van der Waals surface area contributed by atoms with Crippen LogP contribution in [0.2, 0.25) is 0 Å². The Labute approximate surface area is 152 Å². The maximum atomic E-state index is 14.6. The maximum Gasteiger partial charge on any atom is 0.131 e. The maximum absolute atomic E-state index is 14.6. The zero-order valence-corrected chi connectivity index (χ0v) is 14.9. The van der Waals surface area contributed by atoms with E-state index in [9.17, 15) is 4.39 Å². The fourth-order valence-electron chi connectivity index (χ4n) is 3.89. The summed E-state index contributed by atoms with van der Waals surface area (Å²) < 4.78 is 14.6. The first-order valence-electron chi connectivity index (χ1n) is 8.98. The van der Waals surface area contributed by atoms with Crippen molar-refractivity contribution in [2.45, 2.75) is 25.8 Å². The van der Waals surface area contributed by atoms with E-state index in [1.165, 1.54) is 6.07 Å². The summed E-state index contributed by atoms with van der Waals surface area (Å²) >= 11 is 0. The van der Waals surface area contributed by atoms with Gasteiger partial charge in [0.1, 0.15) is 11.6 Å². The Kier molecular flexibility index (Phi) is 4.24. The number of aryl methyl sites for hydroxylation is 1. The number of nitrogens with two attached hydrogens (primary N) is 2. The highest BCUT2D eigenvalue weighted by Crippen LogP contribution is 2.36. The Morgan fingerprint density at radius 3 is 2.85 bits per heavy atom. The van der Waals surface area contributed by atoms with Crippen LogP contribution in [0, 0.1) is 12.7 Å². The van der Waals surface area contributed by atoms with Crippen LogP contribution in [0.4, 0.5) is 15.9 Å². The smallest absolute Gasteiger partial charge is 0.131 e. The van der Waals surface area contributed by atoms with E-state index >= 15 is 0 Å². The van der Waals surface area contributed by atoms with Crippen LogP contribution in [0.5, 0.6) is 0 Å². The lowest BCUT2D eigenvalue weighted by Gasteiger charge is -2.34. The van der Waals surface area contributed by atoms with Gasteiger partial charge in [-0.25, -0.2) is 9.37 Å². The van der Waals surface area contributed by atoms with Crippen LogP contribution in [-0.2, 0) is 0 Å². The van der Waals surface area contributed by atoms with Crippen LogP contribution in [0.25, 0.3) is 21.9 Å². The first-order chi connectivity index (χ1) is 12.5. The zero-order valence-electron chi connectivity index (χ0n) is 14.9. The van der Waals surface area contributed by atoms with E-state index in [1.807, 2.05) is 25.1 Å². The summed E-state index contributed by atoms with van der Waals surface area (Å²) in [5.74, 6) is 0.268. The lowest BCUT2D eigenvalue weighted by atomic mass is 9.95. The molecule has 3 aromatic rings. The molecule has 1 aliphatic rings. The number of hydrogen-bond acceptors (Lipinski definition) is 4. The molecule has 134 valence electrons. The van der Waals surface area contributed by atoms with Gasteiger partial charge in [-0.1, -0.05) is 12.1 Å². The normalized spacial score (nSPS) is 17.7. The van der Waals surface area contributed by atoms with Crippen LogP contribution in [0.3, 0.4) is 0 Å². The molecule has 0 amide bonds. The predicted octanol–water partition coefficient (Wildman–Crippen LogP) is 3.86. The molecule has 4 nitrogen and oxygen atoms in total. The van der Waals surface area contributed by atoms with E-state index in [4.69, 9.17) is 11.5 Å². The molecule has 0 spiro atoms. The van der Waals surface area contributed by atoms with Gasteiger partial charge < -0.3 is 16.4 Å². The Balaban J connectivity index is 1.95. The van der Waals surface area contributed by atoms with Crippen molar-refractivity contribution < 1.29 is 4.39 Å². The minimum Gasteiger partial charge on any atom is -0.384 e. The topological polar surface area (TPSA) is 68.2 Å². The molecule has 0 radical (unpaired) electrons. The van der Waals surface area contributed by atoms with E-state index in [1.54, 1.807) is 12.3 Å². The quantitative estimate of drug-likeness (QED) is 0.736. The summed E-state index contributed by atoms with van der Waals surface area (Å²) in [5, 5.41) is 1.98. The molecule has 2 aromatic carbocycles. The number of piperidine rings is 1. The Hall–Kier alpha value is -2.66. The van der Waals surface area contributed by atoms with Gasteiger partial charge in [-0.15, -0.1) is 0 Å². The molecule has 4 rings (SSSR count). The lowest BCUT2D eigenvalue weighted by Crippen LogP contribution is -2.42. The summed E-state index contributed by atoms with van der Waals surface area (Å²) in [6, 6.07) is 11.3. The second kappa shape index (κ2) is 6.57. The minimum atomic E-state index is -0.214. The average Bonchev–Trinajstić information content (AvgIpc) is 2.61. The van der Waals surface area contributed by atoms with Crippen LogP contribution < -0.4 is 16.4 Å². The number of rotatable bonds is 2. The Bertz CT molecular complexity index is 949. The molecule has 0 unspecified atom stereocenters. The van der Waals surface area contributed by atoms with Crippen molar-refractivity contribution in [3.8, 4) is 11.1 Å². The van der Waals surface area contributed by atoms with Crippen LogP contribution >= 0.6 is 0 Å². The van der Waals surface area contributed by atoms with E-state index in [2.05, 4.69) is 16.0 Å². The van der Waals surface area contributed by atoms with Gasteiger partial charge in [0.05, 0.1) is 0 Å². The van der Waals surface area contributed by atoms with Gasteiger partial charge in [0, 0.05) is 47.4 Å². The largest absolute Gasteiger partial charge is 0.384 e. The highest BCUT2D eigenvalue weighted by atomic mass is 19.1. The van der Waals surface area contributed by atoms with Crippen molar-refractivity contribution >= 4 is 22.3 Å². The molecule has 26 heavy (non-hydrogen) atoms. The van der Waals surface area contributed by atoms with Gasteiger partial charge in [-0.3, -0.25) is 0 Å². The third kappa shape index (κ3) is 2.99. The van der Waals surface area contributed by atoms with Gasteiger partial charge in [-0.05, 0) is 55.2 Å². The third-order valence-electron chi connectivity index (χ3n) is 5.14. The van der Waals surface area contributed by atoms with Gasteiger partial charge in [0.15, 0.2) is 0 Å². The first-order valence-corrected chi connectivity index (χ1v) is 8.98. The van der Waals surface area contributed by atoms with E-state index in [0.717, 1.165) is 53.5 Å². The van der Waals surface area contributed by atoms with Crippen LogP contribution in [0.15, 0.2) is 42.6 Å². The van der Waals surface area contributed by atoms with E-state index in [-0.39, 0.29) is 11.9 Å². The van der Waals surface area contributed by atoms with Gasteiger partial charge >= 0.3 is 0 Å². The Morgan fingerprint density at radius 2 is 2.08 bits per heavy atom. The first kappa shape index (κ1) is 16.8. The standard InChI is InChI=1S/C21H23FN4/c1-13-4-2-6-18(22)21(13)14-8-15-11-25-20(24)10-17(15)19(9-14)26-7-3-5-16(23)12-26/h2,4,6,8-11,16H,3,5,7,12,23H2,1H3,(H2,24,25)/t16-/m0/s1. The van der Waals surface area contributed by atoms with Crippen molar-refractivity contribution in [2.24, 2.45) is 5.73 Å². The molecule has 0 bridgehead atoms. The minimum absolute atomic E-state index is 0.150. The number of anilines is 2. The van der Waals surface area contributed by atoms with Gasteiger partial charge in [0.25, 0.3) is 0 Å². The Morgan fingerprint density at radius 1 is 1.23 bits per heavy atom. The highest BCUT2D eigenvalue weighted by molar-refractivity contribution is 5.99. The highest BCUT2D eigenvalue weighted by Gasteiger charge is 2.21. The molecule has 1 saturated heterocycles. The number of benzene rings is 2. The molecule has 1 fully saturated rings. The number of pyridine rings is 1. The van der Waals surface area contributed by atoms with E-state index < -0.39 is 0 Å². The monoisotopic (exact) mass is 350 g/mol. The molecule has 0 aliphatic carbocycles. The van der Waals surface area contributed by atoms with Crippen molar-refractivity contribution in [3.63, 3.8) is 0 Å². The summed E-state index contributed by atoms with van der Waals surface area (Å²) in [6.07, 6.45) is 3.84. The molecular formula is C21H23FN4. The van der Waals surface area contributed by atoms with Crippen molar-refractivity contribution in [1.82, 2.24) is 4.98 Å². The van der Waals surface area contributed by atoms with Gasteiger partial charge in [-0.2, -0.15) is 0 Å². The third-order valence-corrected chi connectivity index (χ3v) is 5.14. The molecule has 1 aromatic heterocycles. The van der Waals surface area contributed by atoms with Crippen molar-refractivity contribution in [1.29, 1.82) is 0 Å². The molecule has 1 aliphatic heterocycles. The second-order valence-electron chi connectivity index (χ2n) is 7.11. The summed E-state index contributed by atoms with van der Waals surface area (Å²) in [7, 11) is 0. The molecule has 2 heterocycles. The average molecular weight is 350 g/mol. The molecule has 5 heteroatoms. The number of aromatic nitrogens is 1. The second-order valence-corrected chi connectivity index (χ2v) is 7.11. The van der Waals surface area contributed by atoms with Crippen molar-refractivity contribution in [2.75, 3.05) is 23.7 Å². The summed E-state index contributed by atoms with van der Waals surface area (Å²) in [6.45, 7) is 3.65. The molecular weight excluding hydrogens is 327 g/mol. The van der Waals surface area contributed by atoms with E-state index in [0.29, 0.717) is 11.4 Å². The van der Waals surface area contributed by atoms with Gasteiger partial charge in [0.2, 0.25) is 0 Å². The number of nitrogen functional groups attached to an aromatic ring is 1. The number of fused-ring (bicyclic) bond motifs is 1. The van der Waals surface area contributed by atoms with Crippen LogP contribution in [-0.4, -0.2) is 24.1 Å². The number of nitrogens with zero attached hydrogens (tertiary/aromatic N) is 2. The molecule has 4 N–H and O–H groups in total. The number of hydrogen-bond donors (Lipinski definition) is 2. The SMILES string of the molecule is Cc1cccc(F)c1-c1cc(N2CCC[C@H](N)C2)c2cc(N)ncc2c1. The summed E-state index contributed by atoms with van der Waals surface area (Å²) in [5.41, 5.74) is 15.6. The van der Waals surface area contributed by atoms with Crippen LogP contribution in [0.1, 0.15) is 18.4 Å². The number of halogens is 1. The summed E-state index contributed by atoms with van der Waals surface area (Å²) in [4.78, 5) is 6.52. The molecule has 0 saturated carbocycles. The fourth-order valence-corrected chi connectivity index (χ4v) is 3.89.